The molecule has 3 aromatic rings. The Bertz CT molecular complexity index is 819. The quantitative estimate of drug-likeness (QED) is 0.793. The fraction of sp³-hybridized carbons (Fsp3) is 0.375. The van der Waals surface area contributed by atoms with Gasteiger partial charge in [0.25, 0.3) is 0 Å². The summed E-state index contributed by atoms with van der Waals surface area (Å²) in [5.74, 6) is 1.09. The first-order valence-electron chi connectivity index (χ1n) is 7.63. The fourth-order valence-electron chi connectivity index (χ4n) is 3.24. The van der Waals surface area contributed by atoms with E-state index in [1.165, 1.54) is 0 Å². The minimum atomic E-state index is 0.0628. The van der Waals surface area contributed by atoms with Gasteiger partial charge in [-0.3, -0.25) is 0 Å². The van der Waals surface area contributed by atoms with E-state index >= 15 is 0 Å². The van der Waals surface area contributed by atoms with Crippen LogP contribution in [0.2, 0.25) is 0 Å². The maximum Gasteiger partial charge on any atom is 0.150 e. The van der Waals surface area contributed by atoms with Gasteiger partial charge in [-0.25, -0.2) is 9.97 Å². The van der Waals surface area contributed by atoms with Gasteiger partial charge < -0.3 is 9.64 Å². The minimum absolute atomic E-state index is 0.0628. The lowest BCUT2D eigenvalue weighted by molar-refractivity contribution is 0.105. The molecule has 7 nitrogen and oxygen atoms in total. The summed E-state index contributed by atoms with van der Waals surface area (Å²) in [6.45, 7) is 3.56. The van der Waals surface area contributed by atoms with Crippen LogP contribution in [-0.4, -0.2) is 51.7 Å². The number of ether oxygens (including phenoxy) is 1. The van der Waals surface area contributed by atoms with Crippen molar-refractivity contribution in [3.63, 3.8) is 0 Å². The number of aromatic amines is 1. The molecule has 1 saturated heterocycles. The number of nitrogens with zero attached hydrogens (tertiary/aromatic N) is 5. The SMILES string of the molecule is CO[C@@H]1CN(c2nc3ccccc3nc2C)C[C@H]1c1cn[nH]n1. The molecule has 0 saturated carbocycles. The number of hydrogen-bond donors (Lipinski definition) is 1. The van der Waals surface area contributed by atoms with Crippen molar-refractivity contribution in [2.75, 3.05) is 25.1 Å². The van der Waals surface area contributed by atoms with E-state index in [1.807, 2.05) is 31.2 Å². The van der Waals surface area contributed by atoms with Crippen LogP contribution in [0.4, 0.5) is 5.82 Å². The summed E-state index contributed by atoms with van der Waals surface area (Å²) in [4.78, 5) is 11.7. The lowest BCUT2D eigenvalue weighted by Crippen LogP contribution is -2.24. The molecule has 0 bridgehead atoms. The first-order valence-corrected chi connectivity index (χ1v) is 7.63. The third kappa shape index (κ3) is 2.43. The lowest BCUT2D eigenvalue weighted by Gasteiger charge is -2.19. The van der Waals surface area contributed by atoms with Crippen LogP contribution in [0, 0.1) is 6.92 Å². The highest BCUT2D eigenvalue weighted by Crippen LogP contribution is 2.32. The third-order valence-electron chi connectivity index (χ3n) is 4.40. The molecule has 118 valence electrons. The highest BCUT2D eigenvalue weighted by atomic mass is 16.5. The number of fused-ring (bicyclic) bond motifs is 1. The van der Waals surface area contributed by atoms with Crippen LogP contribution in [0.5, 0.6) is 0 Å². The molecule has 0 aliphatic carbocycles. The Morgan fingerprint density at radius 3 is 2.65 bits per heavy atom. The van der Waals surface area contributed by atoms with E-state index in [0.717, 1.165) is 41.3 Å². The van der Waals surface area contributed by atoms with Crippen molar-refractivity contribution in [3.8, 4) is 0 Å². The number of aryl methyl sites for hydroxylation is 1. The van der Waals surface area contributed by atoms with E-state index in [2.05, 4.69) is 25.3 Å². The molecule has 0 spiro atoms. The molecular formula is C16H18N6O. The third-order valence-corrected chi connectivity index (χ3v) is 4.40. The van der Waals surface area contributed by atoms with Gasteiger partial charge in [0.2, 0.25) is 0 Å². The molecule has 1 aliphatic heterocycles. The number of benzene rings is 1. The van der Waals surface area contributed by atoms with Gasteiger partial charge in [0, 0.05) is 20.2 Å². The van der Waals surface area contributed by atoms with Crippen LogP contribution in [0.25, 0.3) is 11.0 Å². The number of methoxy groups -OCH3 is 1. The predicted octanol–water partition coefficient (Wildman–Crippen LogP) is 1.68. The molecular weight excluding hydrogens is 292 g/mol. The van der Waals surface area contributed by atoms with E-state index in [4.69, 9.17) is 9.72 Å². The van der Waals surface area contributed by atoms with Gasteiger partial charge in [-0.05, 0) is 19.1 Å². The van der Waals surface area contributed by atoms with E-state index in [1.54, 1.807) is 13.3 Å². The predicted molar refractivity (Wildman–Crippen MR) is 86.4 cm³/mol. The summed E-state index contributed by atoms with van der Waals surface area (Å²) < 4.78 is 5.66. The summed E-state index contributed by atoms with van der Waals surface area (Å²) in [6.07, 6.45) is 1.83. The number of aromatic nitrogens is 5. The van der Waals surface area contributed by atoms with E-state index < -0.39 is 0 Å². The monoisotopic (exact) mass is 310 g/mol. The summed E-state index contributed by atoms with van der Waals surface area (Å²) in [6, 6.07) is 7.94. The van der Waals surface area contributed by atoms with Crippen molar-refractivity contribution >= 4 is 16.9 Å². The zero-order valence-electron chi connectivity index (χ0n) is 13.1. The Labute approximate surface area is 133 Å². The first kappa shape index (κ1) is 14.1. The summed E-state index contributed by atoms with van der Waals surface area (Å²) in [5.41, 5.74) is 3.68. The molecule has 4 rings (SSSR count). The molecule has 7 heteroatoms. The molecule has 1 fully saturated rings. The Hall–Kier alpha value is -2.54. The fourth-order valence-corrected chi connectivity index (χ4v) is 3.24. The normalized spacial score (nSPS) is 21.2. The molecule has 0 unspecified atom stereocenters. The van der Waals surface area contributed by atoms with Gasteiger partial charge in [0.1, 0.15) is 0 Å². The van der Waals surface area contributed by atoms with E-state index in [9.17, 15) is 0 Å². The van der Waals surface area contributed by atoms with Crippen molar-refractivity contribution in [1.82, 2.24) is 25.4 Å². The number of H-pyrrole nitrogens is 1. The second-order valence-electron chi connectivity index (χ2n) is 5.80. The van der Waals surface area contributed by atoms with E-state index in [0.29, 0.717) is 0 Å². The highest BCUT2D eigenvalue weighted by Gasteiger charge is 2.37. The average molecular weight is 310 g/mol. The number of hydrogen-bond acceptors (Lipinski definition) is 6. The number of para-hydroxylation sites is 2. The molecule has 23 heavy (non-hydrogen) atoms. The van der Waals surface area contributed by atoms with Crippen molar-refractivity contribution in [1.29, 1.82) is 0 Å². The Balaban J connectivity index is 1.70. The Kier molecular flexibility index (Phi) is 3.42. The lowest BCUT2D eigenvalue weighted by atomic mass is 10.0. The summed E-state index contributed by atoms with van der Waals surface area (Å²) in [5, 5.41) is 10.8. The Morgan fingerprint density at radius 2 is 1.96 bits per heavy atom. The molecule has 0 amide bonds. The van der Waals surface area contributed by atoms with Crippen molar-refractivity contribution < 1.29 is 4.74 Å². The smallest absolute Gasteiger partial charge is 0.150 e. The van der Waals surface area contributed by atoms with Crippen LogP contribution in [0.1, 0.15) is 17.3 Å². The molecule has 3 heterocycles. The standard InChI is InChI=1S/C16H18N6O/c1-10-16(19-13-6-4-3-5-12(13)18-10)22-8-11(15(9-22)23-2)14-7-17-21-20-14/h3-7,11,15H,8-9H2,1-2H3,(H,17,20,21)/t11-,15+/m0/s1. The number of nitrogens with one attached hydrogen (secondary N) is 1. The molecule has 2 aromatic heterocycles. The zero-order valence-corrected chi connectivity index (χ0v) is 13.1. The van der Waals surface area contributed by atoms with Crippen molar-refractivity contribution in [2.24, 2.45) is 0 Å². The van der Waals surface area contributed by atoms with Gasteiger partial charge in [0.05, 0.1) is 40.6 Å². The van der Waals surface area contributed by atoms with Crippen LogP contribution >= 0.6 is 0 Å². The van der Waals surface area contributed by atoms with Crippen molar-refractivity contribution in [2.45, 2.75) is 18.9 Å². The van der Waals surface area contributed by atoms with Crippen LogP contribution in [-0.2, 0) is 4.74 Å². The summed E-state index contributed by atoms with van der Waals surface area (Å²) in [7, 11) is 1.74. The largest absolute Gasteiger partial charge is 0.379 e. The van der Waals surface area contributed by atoms with Gasteiger partial charge in [0.15, 0.2) is 5.82 Å². The maximum absolute atomic E-state index is 5.66. The van der Waals surface area contributed by atoms with E-state index in [-0.39, 0.29) is 12.0 Å². The highest BCUT2D eigenvalue weighted by molar-refractivity contribution is 5.76. The molecule has 1 N–H and O–H groups in total. The van der Waals surface area contributed by atoms with Crippen molar-refractivity contribution in [3.05, 3.63) is 41.9 Å². The first-order chi connectivity index (χ1) is 11.3. The molecule has 2 atom stereocenters. The summed E-state index contributed by atoms with van der Waals surface area (Å²) >= 11 is 0. The van der Waals surface area contributed by atoms with Crippen LogP contribution in [0.15, 0.2) is 30.5 Å². The Morgan fingerprint density at radius 1 is 1.17 bits per heavy atom. The second kappa shape index (κ2) is 5.58. The minimum Gasteiger partial charge on any atom is -0.379 e. The van der Waals surface area contributed by atoms with Gasteiger partial charge >= 0.3 is 0 Å². The second-order valence-corrected chi connectivity index (χ2v) is 5.80. The molecule has 1 aliphatic rings. The van der Waals surface area contributed by atoms with Crippen LogP contribution < -0.4 is 4.90 Å². The van der Waals surface area contributed by atoms with Gasteiger partial charge in [-0.2, -0.15) is 15.4 Å². The molecule has 0 radical (unpaired) electrons. The van der Waals surface area contributed by atoms with Gasteiger partial charge in [-0.1, -0.05) is 12.1 Å². The number of anilines is 1. The average Bonchev–Trinajstić information content (AvgIpc) is 3.23. The zero-order chi connectivity index (χ0) is 15.8. The molecule has 1 aromatic carbocycles. The van der Waals surface area contributed by atoms with Crippen LogP contribution in [0.3, 0.4) is 0 Å². The topological polar surface area (TPSA) is 79.8 Å². The maximum atomic E-state index is 5.66. The number of rotatable bonds is 3. The van der Waals surface area contributed by atoms with Gasteiger partial charge in [-0.15, -0.1) is 0 Å².